The third-order valence-corrected chi connectivity index (χ3v) is 5.28. The van der Waals surface area contributed by atoms with E-state index in [0.29, 0.717) is 5.69 Å². The summed E-state index contributed by atoms with van der Waals surface area (Å²) in [4.78, 5) is 35.1. The van der Waals surface area contributed by atoms with Gasteiger partial charge in [-0.25, -0.2) is 9.78 Å². The Labute approximate surface area is 144 Å². The molecule has 0 aliphatic carbocycles. The molecule has 0 bridgehead atoms. The first kappa shape index (κ1) is 16.6. The number of carbonyl (C=O) groups excluding carboxylic acids is 2. The highest BCUT2D eigenvalue weighted by Crippen LogP contribution is 2.30. The van der Waals surface area contributed by atoms with Gasteiger partial charge in [0.1, 0.15) is 0 Å². The van der Waals surface area contributed by atoms with Crippen molar-refractivity contribution in [2.75, 3.05) is 0 Å². The van der Waals surface area contributed by atoms with Crippen LogP contribution < -0.4 is 5.32 Å². The van der Waals surface area contributed by atoms with Crippen LogP contribution in [0.2, 0.25) is 0 Å². The number of nitrogens with one attached hydrogen (secondary N) is 1. The second-order valence-electron chi connectivity index (χ2n) is 7.06. The summed E-state index contributed by atoms with van der Waals surface area (Å²) < 4.78 is 0. The van der Waals surface area contributed by atoms with Gasteiger partial charge in [0, 0.05) is 17.0 Å². The number of rotatable bonds is 3. The van der Waals surface area contributed by atoms with E-state index in [4.69, 9.17) is 0 Å². The van der Waals surface area contributed by atoms with Crippen molar-refractivity contribution in [3.63, 3.8) is 0 Å². The summed E-state index contributed by atoms with van der Waals surface area (Å²) in [5, 5.41) is 5.64. The molecule has 3 heterocycles. The Kier molecular flexibility index (Phi) is 3.91. The van der Waals surface area contributed by atoms with Crippen molar-refractivity contribution >= 4 is 23.3 Å². The molecule has 2 aromatic heterocycles. The summed E-state index contributed by atoms with van der Waals surface area (Å²) in [5.74, 6) is -0.309. The quantitative estimate of drug-likeness (QED) is 0.869. The van der Waals surface area contributed by atoms with E-state index in [1.54, 1.807) is 42.7 Å². The van der Waals surface area contributed by atoms with Crippen LogP contribution in [0.5, 0.6) is 0 Å². The summed E-state index contributed by atoms with van der Waals surface area (Å²) >= 11 is 1.55. The van der Waals surface area contributed by atoms with Crippen molar-refractivity contribution in [1.82, 2.24) is 20.2 Å². The van der Waals surface area contributed by atoms with Crippen LogP contribution in [0.15, 0.2) is 29.8 Å². The molecule has 3 rings (SSSR count). The molecule has 24 heavy (non-hydrogen) atoms. The van der Waals surface area contributed by atoms with E-state index in [-0.39, 0.29) is 17.9 Å². The molecule has 6 nitrogen and oxygen atoms in total. The summed E-state index contributed by atoms with van der Waals surface area (Å²) in [6, 6.07) is 4.89. The maximum atomic E-state index is 12.8. The van der Waals surface area contributed by atoms with Crippen LogP contribution in [0.1, 0.15) is 44.1 Å². The molecule has 0 aromatic carbocycles. The molecule has 1 unspecified atom stereocenters. The fraction of sp³-hybridized carbons (Fsp3) is 0.412. The number of hydrogen-bond donors (Lipinski definition) is 1. The molecular formula is C17H20N4O2S. The molecule has 1 aliphatic heterocycles. The van der Waals surface area contributed by atoms with Gasteiger partial charge in [-0.1, -0.05) is 26.8 Å². The largest absolute Gasteiger partial charge is 0.325 e. The zero-order chi connectivity index (χ0) is 17.5. The Hall–Kier alpha value is -2.28. The number of urea groups is 1. The molecule has 2 aromatic rings. The second-order valence-corrected chi connectivity index (χ2v) is 7.91. The van der Waals surface area contributed by atoms with Crippen LogP contribution in [0.25, 0.3) is 0 Å². The minimum atomic E-state index is -1.14. The molecule has 0 saturated carbocycles. The molecule has 1 aliphatic rings. The van der Waals surface area contributed by atoms with Crippen LogP contribution >= 0.6 is 11.3 Å². The normalized spacial score (nSPS) is 21.2. The van der Waals surface area contributed by atoms with Crippen molar-refractivity contribution in [2.45, 2.75) is 45.2 Å². The maximum Gasteiger partial charge on any atom is 0.325 e. The monoisotopic (exact) mass is 344 g/mol. The number of thiazole rings is 1. The molecule has 0 spiro atoms. The van der Waals surface area contributed by atoms with Gasteiger partial charge in [-0.3, -0.25) is 14.7 Å². The third kappa shape index (κ3) is 2.80. The summed E-state index contributed by atoms with van der Waals surface area (Å²) in [5.41, 5.74) is 0.0578. The van der Waals surface area contributed by atoms with Crippen LogP contribution in [0.4, 0.5) is 4.79 Å². The molecule has 1 fully saturated rings. The zero-order valence-electron chi connectivity index (χ0n) is 14.2. The molecule has 3 amide bonds. The minimum absolute atomic E-state index is 0.0529. The number of imide groups is 1. The van der Waals surface area contributed by atoms with Gasteiger partial charge in [-0.05, 0) is 19.1 Å². The Morgan fingerprint density at radius 1 is 1.29 bits per heavy atom. The van der Waals surface area contributed by atoms with Crippen LogP contribution in [-0.4, -0.2) is 26.8 Å². The SMILES string of the molecule is CC(C)(C)c1nc(CN2C(=O)NC(C)(c3ccccn3)C2=O)cs1. The average molecular weight is 344 g/mol. The first-order valence-electron chi connectivity index (χ1n) is 7.72. The second kappa shape index (κ2) is 5.66. The molecule has 1 saturated heterocycles. The predicted molar refractivity (Wildman–Crippen MR) is 91.5 cm³/mol. The highest BCUT2D eigenvalue weighted by atomic mass is 32.1. The number of amides is 3. The summed E-state index contributed by atoms with van der Waals surface area (Å²) in [6.45, 7) is 8.10. The predicted octanol–water partition coefficient (Wildman–Crippen LogP) is 2.80. The molecule has 126 valence electrons. The van der Waals surface area contributed by atoms with E-state index in [1.807, 2.05) is 5.38 Å². The van der Waals surface area contributed by atoms with Crippen molar-refractivity contribution in [1.29, 1.82) is 0 Å². The minimum Gasteiger partial charge on any atom is -0.318 e. The van der Waals surface area contributed by atoms with Gasteiger partial charge in [0.05, 0.1) is 22.9 Å². The van der Waals surface area contributed by atoms with E-state index in [9.17, 15) is 9.59 Å². The fourth-order valence-electron chi connectivity index (χ4n) is 2.56. The lowest BCUT2D eigenvalue weighted by Crippen LogP contribution is -2.41. The smallest absolute Gasteiger partial charge is 0.318 e. The number of aromatic nitrogens is 2. The van der Waals surface area contributed by atoms with Gasteiger partial charge in [-0.15, -0.1) is 11.3 Å². The van der Waals surface area contributed by atoms with Gasteiger partial charge in [-0.2, -0.15) is 0 Å². The van der Waals surface area contributed by atoms with Crippen molar-refractivity contribution < 1.29 is 9.59 Å². The van der Waals surface area contributed by atoms with Gasteiger partial charge >= 0.3 is 6.03 Å². The topological polar surface area (TPSA) is 75.2 Å². The Balaban J connectivity index is 1.84. The van der Waals surface area contributed by atoms with E-state index in [0.717, 1.165) is 10.7 Å². The zero-order valence-corrected chi connectivity index (χ0v) is 15.0. The highest BCUT2D eigenvalue weighted by Gasteiger charge is 2.50. The van der Waals surface area contributed by atoms with Crippen molar-refractivity contribution in [3.8, 4) is 0 Å². The molecule has 1 N–H and O–H groups in total. The molecule has 7 heteroatoms. The third-order valence-electron chi connectivity index (χ3n) is 3.97. The van der Waals surface area contributed by atoms with Gasteiger partial charge < -0.3 is 5.32 Å². The highest BCUT2D eigenvalue weighted by molar-refractivity contribution is 7.09. The lowest BCUT2D eigenvalue weighted by atomic mass is 9.97. The van der Waals surface area contributed by atoms with Gasteiger partial charge in [0.2, 0.25) is 0 Å². The standard InChI is InChI=1S/C17H20N4O2S/c1-16(2,3)13-19-11(10-24-13)9-21-14(22)17(4,20-15(21)23)12-7-5-6-8-18-12/h5-8,10H,9H2,1-4H3,(H,20,23). The number of nitrogens with zero attached hydrogens (tertiary/aromatic N) is 3. The summed E-state index contributed by atoms with van der Waals surface area (Å²) in [7, 11) is 0. The van der Waals surface area contributed by atoms with Crippen molar-refractivity contribution in [3.05, 3.63) is 46.2 Å². The lowest BCUT2D eigenvalue weighted by molar-refractivity contribution is -0.131. The number of pyridine rings is 1. The summed E-state index contributed by atoms with van der Waals surface area (Å²) in [6.07, 6.45) is 1.61. The molecule has 1 atom stereocenters. The number of carbonyl (C=O) groups is 2. The molecule has 0 radical (unpaired) electrons. The fourth-order valence-corrected chi connectivity index (χ4v) is 3.46. The lowest BCUT2D eigenvalue weighted by Gasteiger charge is -2.20. The van der Waals surface area contributed by atoms with E-state index in [1.165, 1.54) is 4.90 Å². The van der Waals surface area contributed by atoms with E-state index >= 15 is 0 Å². The maximum absolute atomic E-state index is 12.8. The van der Waals surface area contributed by atoms with Crippen molar-refractivity contribution in [2.24, 2.45) is 0 Å². The van der Waals surface area contributed by atoms with E-state index in [2.05, 4.69) is 36.1 Å². The van der Waals surface area contributed by atoms with Gasteiger partial charge in [0.25, 0.3) is 5.91 Å². The molecular weight excluding hydrogens is 324 g/mol. The van der Waals surface area contributed by atoms with Gasteiger partial charge in [0.15, 0.2) is 5.54 Å². The van der Waals surface area contributed by atoms with E-state index < -0.39 is 11.6 Å². The van der Waals surface area contributed by atoms with Crippen LogP contribution in [0.3, 0.4) is 0 Å². The first-order valence-corrected chi connectivity index (χ1v) is 8.60. The first-order chi connectivity index (χ1) is 11.2. The Bertz CT molecular complexity index is 781. The van der Waals surface area contributed by atoms with Crippen LogP contribution in [0, 0.1) is 0 Å². The van der Waals surface area contributed by atoms with Crippen LogP contribution in [-0.2, 0) is 22.3 Å². The Morgan fingerprint density at radius 3 is 2.62 bits per heavy atom. The average Bonchev–Trinajstić information content (AvgIpc) is 3.08. The number of hydrogen-bond acceptors (Lipinski definition) is 5. The Morgan fingerprint density at radius 2 is 2.04 bits per heavy atom.